The first-order valence-corrected chi connectivity index (χ1v) is 7.85. The van der Waals surface area contributed by atoms with E-state index in [4.69, 9.17) is 0 Å². The minimum absolute atomic E-state index is 0.198. The van der Waals surface area contributed by atoms with Crippen LogP contribution in [0.5, 0.6) is 0 Å². The summed E-state index contributed by atoms with van der Waals surface area (Å²) in [4.78, 5) is 16.7. The number of hydrogen-bond donors (Lipinski definition) is 1. The lowest BCUT2D eigenvalue weighted by atomic mass is 10.1. The van der Waals surface area contributed by atoms with Gasteiger partial charge in [0.2, 0.25) is 0 Å². The molecule has 0 unspecified atom stereocenters. The van der Waals surface area contributed by atoms with E-state index in [-0.39, 0.29) is 10.7 Å². The standard InChI is InChI=1S/C15H10FNO2S2/c16-10-5-2-1-4-9(10)8-12-17-13(11-6-3-7-20-11)14(21-12)15(18)19/h1-7H,8H2,(H,18,19). The van der Waals surface area contributed by atoms with Crippen LogP contribution in [0.15, 0.2) is 41.8 Å². The average molecular weight is 319 g/mol. The smallest absolute Gasteiger partial charge is 0.348 e. The topological polar surface area (TPSA) is 50.2 Å². The predicted molar refractivity (Wildman–Crippen MR) is 81.6 cm³/mol. The molecule has 1 aromatic carbocycles. The molecule has 1 N–H and O–H groups in total. The fraction of sp³-hybridized carbons (Fsp3) is 0.0667. The third-order valence-corrected chi connectivity index (χ3v) is 4.84. The van der Waals surface area contributed by atoms with Crippen LogP contribution < -0.4 is 0 Å². The van der Waals surface area contributed by atoms with Crippen LogP contribution in [-0.2, 0) is 6.42 Å². The van der Waals surface area contributed by atoms with Crippen LogP contribution in [0.1, 0.15) is 20.2 Å². The summed E-state index contributed by atoms with van der Waals surface area (Å²) in [5, 5.41) is 11.8. The highest BCUT2D eigenvalue weighted by Crippen LogP contribution is 2.32. The first-order valence-electron chi connectivity index (χ1n) is 6.15. The van der Waals surface area contributed by atoms with Crippen molar-refractivity contribution in [1.29, 1.82) is 0 Å². The Morgan fingerprint density at radius 2 is 2.05 bits per heavy atom. The van der Waals surface area contributed by atoms with Crippen LogP contribution >= 0.6 is 22.7 Å². The van der Waals surface area contributed by atoms with Gasteiger partial charge in [-0.3, -0.25) is 0 Å². The number of halogens is 1. The van der Waals surface area contributed by atoms with Gasteiger partial charge < -0.3 is 5.11 Å². The number of benzene rings is 1. The SMILES string of the molecule is O=C(O)c1sc(Cc2ccccc2F)nc1-c1cccs1. The molecule has 0 saturated heterocycles. The molecule has 2 aromatic heterocycles. The molecule has 3 aromatic rings. The fourth-order valence-corrected chi connectivity index (χ4v) is 3.69. The first kappa shape index (κ1) is 13.9. The summed E-state index contributed by atoms with van der Waals surface area (Å²) in [6.45, 7) is 0. The van der Waals surface area contributed by atoms with Crippen molar-refractivity contribution in [2.45, 2.75) is 6.42 Å². The number of aromatic carboxylic acids is 1. The summed E-state index contributed by atoms with van der Waals surface area (Å²) in [5.41, 5.74) is 0.981. The Bertz CT molecular complexity index is 781. The summed E-state index contributed by atoms with van der Waals surface area (Å²) in [5.74, 6) is -1.31. The molecule has 3 nitrogen and oxygen atoms in total. The molecule has 0 spiro atoms. The Morgan fingerprint density at radius 1 is 1.24 bits per heavy atom. The van der Waals surface area contributed by atoms with Crippen LogP contribution in [0.2, 0.25) is 0 Å². The molecule has 0 fully saturated rings. The molecule has 0 atom stereocenters. The molecule has 0 aliphatic heterocycles. The molecule has 0 radical (unpaired) electrons. The Hall–Kier alpha value is -2.05. The Balaban J connectivity index is 2.00. The summed E-state index contributed by atoms with van der Waals surface area (Å²) in [6.07, 6.45) is 0.295. The fourth-order valence-electron chi connectivity index (χ4n) is 1.97. The van der Waals surface area contributed by atoms with Crippen LogP contribution in [0.4, 0.5) is 4.39 Å². The van der Waals surface area contributed by atoms with Crippen molar-refractivity contribution in [3.05, 3.63) is 63.0 Å². The minimum Gasteiger partial charge on any atom is -0.477 e. The highest BCUT2D eigenvalue weighted by Gasteiger charge is 2.20. The second-order valence-electron chi connectivity index (χ2n) is 4.34. The summed E-state index contributed by atoms with van der Waals surface area (Å²) in [6, 6.07) is 10.1. The van der Waals surface area contributed by atoms with E-state index in [1.54, 1.807) is 18.2 Å². The lowest BCUT2D eigenvalue weighted by molar-refractivity contribution is 0.0703. The molecule has 106 valence electrons. The molecule has 21 heavy (non-hydrogen) atoms. The molecule has 0 amide bonds. The number of carbonyl (C=O) groups is 1. The van der Waals surface area contributed by atoms with E-state index in [2.05, 4.69) is 4.98 Å². The summed E-state index contributed by atoms with van der Waals surface area (Å²) < 4.78 is 13.7. The van der Waals surface area contributed by atoms with E-state index in [1.807, 2.05) is 17.5 Å². The predicted octanol–water partition coefficient (Wildman–Crippen LogP) is 4.30. The number of hydrogen-bond acceptors (Lipinski definition) is 4. The number of carboxylic acids is 1. The van der Waals surface area contributed by atoms with E-state index >= 15 is 0 Å². The highest BCUT2D eigenvalue weighted by atomic mass is 32.1. The third kappa shape index (κ3) is 2.86. The lowest BCUT2D eigenvalue weighted by Crippen LogP contribution is -1.94. The molecule has 0 aliphatic carbocycles. The van der Waals surface area contributed by atoms with E-state index in [0.717, 1.165) is 16.2 Å². The average Bonchev–Trinajstić information content (AvgIpc) is 3.10. The normalized spacial score (nSPS) is 10.7. The van der Waals surface area contributed by atoms with Crippen molar-refractivity contribution in [2.24, 2.45) is 0 Å². The van der Waals surface area contributed by atoms with Crippen LogP contribution in [0, 0.1) is 5.82 Å². The van der Waals surface area contributed by atoms with E-state index < -0.39 is 5.97 Å². The van der Waals surface area contributed by atoms with E-state index in [0.29, 0.717) is 22.7 Å². The van der Waals surface area contributed by atoms with Crippen molar-refractivity contribution < 1.29 is 14.3 Å². The number of nitrogens with zero attached hydrogens (tertiary/aromatic N) is 1. The monoisotopic (exact) mass is 319 g/mol. The largest absolute Gasteiger partial charge is 0.477 e. The minimum atomic E-state index is -1.00. The van der Waals surface area contributed by atoms with Gasteiger partial charge in [-0.1, -0.05) is 24.3 Å². The van der Waals surface area contributed by atoms with Gasteiger partial charge in [-0.05, 0) is 23.1 Å². The molecule has 0 aliphatic rings. The van der Waals surface area contributed by atoms with Gasteiger partial charge >= 0.3 is 5.97 Å². The third-order valence-electron chi connectivity index (χ3n) is 2.92. The van der Waals surface area contributed by atoms with Crippen LogP contribution in [-0.4, -0.2) is 16.1 Å². The van der Waals surface area contributed by atoms with Crippen LogP contribution in [0.25, 0.3) is 10.6 Å². The zero-order valence-electron chi connectivity index (χ0n) is 10.7. The van der Waals surface area contributed by atoms with Gasteiger partial charge in [0.1, 0.15) is 16.4 Å². The maximum Gasteiger partial charge on any atom is 0.348 e. The molecule has 2 heterocycles. The van der Waals surface area contributed by atoms with E-state index in [1.165, 1.54) is 17.4 Å². The second-order valence-corrected chi connectivity index (χ2v) is 6.37. The molecule has 0 bridgehead atoms. The van der Waals surface area contributed by atoms with Crippen LogP contribution in [0.3, 0.4) is 0 Å². The number of rotatable bonds is 4. The van der Waals surface area contributed by atoms with Gasteiger partial charge in [0, 0.05) is 6.42 Å². The molecule has 3 rings (SSSR count). The van der Waals surface area contributed by atoms with Gasteiger partial charge in [-0.2, -0.15) is 0 Å². The van der Waals surface area contributed by atoms with Gasteiger partial charge in [-0.15, -0.1) is 22.7 Å². The van der Waals surface area contributed by atoms with Gasteiger partial charge in [0.05, 0.1) is 9.88 Å². The van der Waals surface area contributed by atoms with Crippen molar-refractivity contribution >= 4 is 28.6 Å². The molecule has 0 saturated carbocycles. The van der Waals surface area contributed by atoms with E-state index in [9.17, 15) is 14.3 Å². The zero-order chi connectivity index (χ0) is 14.8. The number of aromatic nitrogens is 1. The Kier molecular flexibility index (Phi) is 3.81. The van der Waals surface area contributed by atoms with Crippen molar-refractivity contribution in [2.75, 3.05) is 0 Å². The Morgan fingerprint density at radius 3 is 2.71 bits per heavy atom. The first-order chi connectivity index (χ1) is 10.1. The molecular weight excluding hydrogens is 309 g/mol. The van der Waals surface area contributed by atoms with Crippen molar-refractivity contribution in [1.82, 2.24) is 4.98 Å². The zero-order valence-corrected chi connectivity index (χ0v) is 12.4. The quantitative estimate of drug-likeness (QED) is 0.780. The Labute approximate surface area is 128 Å². The summed E-state index contributed by atoms with van der Waals surface area (Å²) >= 11 is 2.54. The van der Waals surface area contributed by atoms with Gasteiger partial charge in [0.25, 0.3) is 0 Å². The molecular formula is C15H10FNO2S2. The number of thiophene rings is 1. The second kappa shape index (κ2) is 5.75. The maximum absolute atomic E-state index is 13.7. The molecule has 6 heteroatoms. The summed E-state index contributed by atoms with van der Waals surface area (Å²) in [7, 11) is 0. The lowest BCUT2D eigenvalue weighted by Gasteiger charge is -1.99. The van der Waals surface area contributed by atoms with Crippen molar-refractivity contribution in [3.63, 3.8) is 0 Å². The van der Waals surface area contributed by atoms with Gasteiger partial charge in [0.15, 0.2) is 0 Å². The van der Waals surface area contributed by atoms with Crippen molar-refractivity contribution in [3.8, 4) is 10.6 Å². The number of carboxylic acid groups (broad SMARTS) is 1. The maximum atomic E-state index is 13.7. The van der Waals surface area contributed by atoms with Gasteiger partial charge in [-0.25, -0.2) is 14.2 Å². The number of thiazole rings is 1. The highest BCUT2D eigenvalue weighted by molar-refractivity contribution is 7.16.